The van der Waals surface area contributed by atoms with Gasteiger partial charge in [-0.3, -0.25) is 4.79 Å². The molecule has 2 heterocycles. The molecule has 1 aliphatic rings. The Morgan fingerprint density at radius 3 is 2.85 bits per heavy atom. The molecule has 1 saturated heterocycles. The third kappa shape index (κ3) is 3.41. The van der Waals surface area contributed by atoms with Crippen LogP contribution in [0.2, 0.25) is 5.02 Å². The van der Waals surface area contributed by atoms with Crippen molar-refractivity contribution in [1.29, 1.82) is 0 Å². The molecule has 0 aromatic carbocycles. The molecule has 0 saturated carbocycles. The van der Waals surface area contributed by atoms with Gasteiger partial charge in [0.2, 0.25) is 0 Å². The van der Waals surface area contributed by atoms with E-state index >= 15 is 0 Å². The lowest BCUT2D eigenvalue weighted by atomic mass is 9.97. The number of pyridine rings is 1. The molecule has 5 nitrogen and oxygen atoms in total. The van der Waals surface area contributed by atoms with Gasteiger partial charge < -0.3 is 15.0 Å². The summed E-state index contributed by atoms with van der Waals surface area (Å²) in [7, 11) is 3.48. The normalized spacial score (nSPS) is 16.2. The lowest BCUT2D eigenvalue weighted by molar-refractivity contribution is 0.0613. The molecule has 1 aromatic heterocycles. The van der Waals surface area contributed by atoms with E-state index < -0.39 is 0 Å². The van der Waals surface area contributed by atoms with Crippen molar-refractivity contribution in [2.75, 3.05) is 39.2 Å². The van der Waals surface area contributed by atoms with Crippen molar-refractivity contribution >= 4 is 23.3 Å². The Kier molecular flexibility index (Phi) is 5.20. The first-order chi connectivity index (χ1) is 9.65. The second kappa shape index (κ2) is 6.90. The third-order valence-corrected chi connectivity index (χ3v) is 3.95. The topological polar surface area (TPSA) is 54.5 Å². The number of carbonyl (C=O) groups is 1. The number of aromatic nitrogens is 1. The fraction of sp³-hybridized carbons (Fsp3) is 0.571. The zero-order valence-electron chi connectivity index (χ0n) is 11.9. The first-order valence-corrected chi connectivity index (χ1v) is 7.15. The monoisotopic (exact) mass is 297 g/mol. The van der Waals surface area contributed by atoms with Gasteiger partial charge in [0.1, 0.15) is 5.82 Å². The molecule has 1 amide bonds. The summed E-state index contributed by atoms with van der Waals surface area (Å²) >= 11 is 6.09. The smallest absolute Gasteiger partial charge is 0.255 e. The lowest BCUT2D eigenvalue weighted by Gasteiger charge is -2.31. The predicted molar refractivity (Wildman–Crippen MR) is 79.3 cm³/mol. The first kappa shape index (κ1) is 15.1. The van der Waals surface area contributed by atoms with Crippen molar-refractivity contribution < 1.29 is 9.53 Å². The molecule has 0 radical (unpaired) electrons. The number of likely N-dealkylation sites (tertiary alicyclic amines) is 1. The standard InChI is InChI=1S/C14H20ClN3O2/c1-16-13-7-11(12(15)8-17-13)14(19)18-5-3-10(4-6-18)9-20-2/h7-8,10H,3-6,9H2,1-2H3,(H,16,17). The van der Waals surface area contributed by atoms with Crippen LogP contribution in [0.5, 0.6) is 0 Å². The van der Waals surface area contributed by atoms with Crippen molar-refractivity contribution in [3.05, 3.63) is 22.8 Å². The third-order valence-electron chi connectivity index (χ3n) is 3.65. The van der Waals surface area contributed by atoms with Crippen molar-refractivity contribution in [3.63, 3.8) is 0 Å². The van der Waals surface area contributed by atoms with Gasteiger partial charge in [0.25, 0.3) is 5.91 Å². The van der Waals surface area contributed by atoms with Gasteiger partial charge in [0.05, 0.1) is 10.6 Å². The second-order valence-electron chi connectivity index (χ2n) is 4.99. The maximum atomic E-state index is 12.5. The van der Waals surface area contributed by atoms with E-state index in [0.717, 1.165) is 32.5 Å². The summed E-state index contributed by atoms with van der Waals surface area (Å²) in [5, 5.41) is 3.32. The molecule has 1 aromatic rings. The van der Waals surface area contributed by atoms with Crippen LogP contribution in [0, 0.1) is 5.92 Å². The van der Waals surface area contributed by atoms with Crippen molar-refractivity contribution in [2.45, 2.75) is 12.8 Å². The fourth-order valence-electron chi connectivity index (χ4n) is 2.45. The number of nitrogens with zero attached hydrogens (tertiary/aromatic N) is 2. The average Bonchev–Trinajstić information content (AvgIpc) is 2.48. The van der Waals surface area contributed by atoms with Crippen LogP contribution in [-0.2, 0) is 4.74 Å². The summed E-state index contributed by atoms with van der Waals surface area (Å²) in [5.74, 6) is 1.17. The highest BCUT2D eigenvalue weighted by atomic mass is 35.5. The molecule has 1 N–H and O–H groups in total. The number of piperidine rings is 1. The van der Waals surface area contributed by atoms with E-state index in [-0.39, 0.29) is 5.91 Å². The van der Waals surface area contributed by atoms with E-state index in [9.17, 15) is 4.79 Å². The molecule has 6 heteroatoms. The van der Waals surface area contributed by atoms with Crippen molar-refractivity contribution in [1.82, 2.24) is 9.88 Å². The number of amides is 1. The molecule has 0 aliphatic carbocycles. The largest absolute Gasteiger partial charge is 0.384 e. The number of carbonyl (C=O) groups excluding carboxylic acids is 1. The molecule has 0 spiro atoms. The number of anilines is 1. The highest BCUT2D eigenvalue weighted by Crippen LogP contribution is 2.23. The number of halogens is 1. The summed E-state index contributed by atoms with van der Waals surface area (Å²) in [6, 6.07) is 1.70. The molecule has 0 atom stereocenters. The number of hydrogen-bond donors (Lipinski definition) is 1. The van der Waals surface area contributed by atoms with Crippen LogP contribution in [0.1, 0.15) is 23.2 Å². The zero-order chi connectivity index (χ0) is 14.5. The van der Waals surface area contributed by atoms with Crippen LogP contribution < -0.4 is 5.32 Å². The van der Waals surface area contributed by atoms with Gasteiger partial charge in [-0.05, 0) is 24.8 Å². The summed E-state index contributed by atoms with van der Waals surface area (Å²) < 4.78 is 5.17. The van der Waals surface area contributed by atoms with Gasteiger partial charge >= 0.3 is 0 Å². The minimum absolute atomic E-state index is 0.0234. The molecule has 110 valence electrons. The van der Waals surface area contributed by atoms with E-state index in [1.807, 2.05) is 4.90 Å². The first-order valence-electron chi connectivity index (χ1n) is 6.77. The Morgan fingerprint density at radius 2 is 2.25 bits per heavy atom. The van der Waals surface area contributed by atoms with Gasteiger partial charge in [0, 0.05) is 40.1 Å². The number of nitrogens with one attached hydrogen (secondary N) is 1. The van der Waals surface area contributed by atoms with Crippen LogP contribution in [0.4, 0.5) is 5.82 Å². The SMILES string of the molecule is CNc1cc(C(=O)N2CCC(COC)CC2)c(Cl)cn1. The van der Waals surface area contributed by atoms with E-state index in [0.29, 0.717) is 22.3 Å². The minimum atomic E-state index is -0.0234. The van der Waals surface area contributed by atoms with Gasteiger partial charge in [-0.15, -0.1) is 0 Å². The molecular weight excluding hydrogens is 278 g/mol. The van der Waals surface area contributed by atoms with E-state index in [2.05, 4.69) is 10.3 Å². The number of methoxy groups -OCH3 is 1. The average molecular weight is 298 g/mol. The number of ether oxygens (including phenoxy) is 1. The van der Waals surface area contributed by atoms with E-state index in [1.165, 1.54) is 6.20 Å². The summed E-state index contributed by atoms with van der Waals surface area (Å²) in [4.78, 5) is 18.5. The Balaban J connectivity index is 2.05. The minimum Gasteiger partial charge on any atom is -0.384 e. The molecule has 0 bridgehead atoms. The Hall–Kier alpha value is -1.33. The molecule has 2 rings (SSSR count). The molecule has 1 aliphatic heterocycles. The van der Waals surface area contributed by atoms with Crippen LogP contribution in [0.25, 0.3) is 0 Å². The number of rotatable bonds is 4. The van der Waals surface area contributed by atoms with E-state index in [1.54, 1.807) is 20.2 Å². The Labute approximate surface area is 124 Å². The molecule has 20 heavy (non-hydrogen) atoms. The maximum absolute atomic E-state index is 12.5. The van der Waals surface area contributed by atoms with Crippen molar-refractivity contribution in [3.8, 4) is 0 Å². The van der Waals surface area contributed by atoms with Crippen LogP contribution in [0.3, 0.4) is 0 Å². The highest BCUT2D eigenvalue weighted by molar-refractivity contribution is 6.33. The maximum Gasteiger partial charge on any atom is 0.255 e. The van der Waals surface area contributed by atoms with Crippen LogP contribution in [0.15, 0.2) is 12.3 Å². The van der Waals surface area contributed by atoms with Gasteiger partial charge in [0.15, 0.2) is 0 Å². The quantitative estimate of drug-likeness (QED) is 0.926. The summed E-state index contributed by atoms with van der Waals surface area (Å²) in [6.07, 6.45) is 3.46. The predicted octanol–water partition coefficient (Wildman–Crippen LogP) is 2.28. The van der Waals surface area contributed by atoms with E-state index in [4.69, 9.17) is 16.3 Å². The molecular formula is C14H20ClN3O2. The fourth-order valence-corrected chi connectivity index (χ4v) is 2.63. The second-order valence-corrected chi connectivity index (χ2v) is 5.40. The Bertz CT molecular complexity index is 473. The lowest BCUT2D eigenvalue weighted by Crippen LogP contribution is -2.39. The highest BCUT2D eigenvalue weighted by Gasteiger charge is 2.25. The Morgan fingerprint density at radius 1 is 1.55 bits per heavy atom. The molecule has 0 unspecified atom stereocenters. The van der Waals surface area contributed by atoms with Gasteiger partial charge in [-0.25, -0.2) is 4.98 Å². The number of hydrogen-bond acceptors (Lipinski definition) is 4. The summed E-state index contributed by atoms with van der Waals surface area (Å²) in [5.41, 5.74) is 0.510. The zero-order valence-corrected chi connectivity index (χ0v) is 12.6. The van der Waals surface area contributed by atoms with Gasteiger partial charge in [-0.2, -0.15) is 0 Å². The van der Waals surface area contributed by atoms with Crippen molar-refractivity contribution in [2.24, 2.45) is 5.92 Å². The van der Waals surface area contributed by atoms with Crippen LogP contribution in [-0.4, -0.2) is 49.6 Å². The molecule has 1 fully saturated rings. The van der Waals surface area contributed by atoms with Crippen LogP contribution >= 0.6 is 11.6 Å². The van der Waals surface area contributed by atoms with Gasteiger partial charge in [-0.1, -0.05) is 11.6 Å². The summed E-state index contributed by atoms with van der Waals surface area (Å²) in [6.45, 7) is 2.27.